The molecule has 1 amide bonds. The second-order valence-corrected chi connectivity index (χ2v) is 6.54. The Morgan fingerprint density at radius 3 is 2.42 bits per heavy atom. The first-order valence-corrected chi connectivity index (χ1v) is 8.89. The molecule has 5 nitrogen and oxygen atoms in total. The summed E-state index contributed by atoms with van der Waals surface area (Å²) in [5.41, 5.74) is 1.13. The lowest BCUT2D eigenvalue weighted by molar-refractivity contribution is 0.0973. The molecule has 26 heavy (non-hydrogen) atoms. The van der Waals surface area contributed by atoms with Gasteiger partial charge in [-0.2, -0.15) is 0 Å². The summed E-state index contributed by atoms with van der Waals surface area (Å²) in [6, 6.07) is 14.5. The third-order valence-electron chi connectivity index (χ3n) is 3.67. The van der Waals surface area contributed by atoms with Crippen LogP contribution in [0.4, 0.5) is 5.69 Å². The lowest BCUT2D eigenvalue weighted by Gasteiger charge is -2.14. The highest BCUT2D eigenvalue weighted by Crippen LogP contribution is 2.23. The molecule has 0 bridgehead atoms. The molecule has 2 N–H and O–H groups in total. The largest absolute Gasteiger partial charge is 0.495 e. The van der Waals surface area contributed by atoms with E-state index in [2.05, 4.69) is 24.5 Å². The molecular weight excluding hydrogens is 348 g/mol. The van der Waals surface area contributed by atoms with Crippen LogP contribution in [0, 0.1) is 5.92 Å². The van der Waals surface area contributed by atoms with Gasteiger partial charge < -0.3 is 14.8 Å². The number of hydrogen-bond acceptors (Lipinski definition) is 4. The maximum Gasteiger partial charge on any atom is 0.261 e. The van der Waals surface area contributed by atoms with E-state index in [0.29, 0.717) is 35.3 Å². The zero-order chi connectivity index (χ0) is 18.9. The van der Waals surface area contributed by atoms with Gasteiger partial charge in [-0.25, -0.2) is 0 Å². The number of rotatable bonds is 7. The molecule has 0 heterocycles. The van der Waals surface area contributed by atoms with Crippen molar-refractivity contribution in [1.82, 2.24) is 5.32 Å². The van der Waals surface area contributed by atoms with Gasteiger partial charge in [0.05, 0.1) is 25.0 Å². The first kappa shape index (κ1) is 19.7. The first-order chi connectivity index (χ1) is 12.5. The number of amides is 1. The lowest BCUT2D eigenvalue weighted by atomic mass is 10.1. The summed E-state index contributed by atoms with van der Waals surface area (Å²) < 4.78 is 11.0. The molecule has 0 aliphatic carbocycles. The number of benzene rings is 2. The normalized spacial score (nSPS) is 10.3. The van der Waals surface area contributed by atoms with Gasteiger partial charge in [-0.1, -0.05) is 38.1 Å². The molecule has 0 aromatic heterocycles. The zero-order valence-corrected chi connectivity index (χ0v) is 16.1. The van der Waals surface area contributed by atoms with Crippen LogP contribution >= 0.6 is 12.2 Å². The zero-order valence-electron chi connectivity index (χ0n) is 15.2. The molecule has 2 rings (SSSR count). The van der Waals surface area contributed by atoms with Crippen molar-refractivity contribution >= 4 is 28.9 Å². The Hall–Kier alpha value is -2.60. The standard InChI is InChI=1S/C20H24N2O3S/c1-14(2)12-13-25-17-10-6-4-8-15(17)19(23)22-20(26)21-16-9-5-7-11-18(16)24-3/h4-11,14H,12-13H2,1-3H3,(H2,21,22,23,26). The van der Waals surface area contributed by atoms with Crippen molar-refractivity contribution in [2.45, 2.75) is 20.3 Å². The van der Waals surface area contributed by atoms with Crippen LogP contribution in [-0.2, 0) is 0 Å². The van der Waals surface area contributed by atoms with Gasteiger partial charge >= 0.3 is 0 Å². The number of thiocarbonyl (C=S) groups is 1. The molecule has 0 radical (unpaired) electrons. The van der Waals surface area contributed by atoms with E-state index in [9.17, 15) is 4.79 Å². The van der Waals surface area contributed by atoms with Gasteiger partial charge in [0.1, 0.15) is 11.5 Å². The second-order valence-electron chi connectivity index (χ2n) is 6.14. The number of nitrogens with one attached hydrogen (secondary N) is 2. The number of para-hydroxylation sites is 3. The van der Waals surface area contributed by atoms with Crippen molar-refractivity contribution in [1.29, 1.82) is 0 Å². The Morgan fingerprint density at radius 1 is 1.08 bits per heavy atom. The van der Waals surface area contributed by atoms with E-state index in [4.69, 9.17) is 21.7 Å². The van der Waals surface area contributed by atoms with Crippen molar-refractivity contribution < 1.29 is 14.3 Å². The van der Waals surface area contributed by atoms with Gasteiger partial charge in [0.2, 0.25) is 0 Å². The van der Waals surface area contributed by atoms with Crippen LogP contribution in [0.3, 0.4) is 0 Å². The van der Waals surface area contributed by atoms with E-state index >= 15 is 0 Å². The predicted octanol–water partition coefficient (Wildman–Crippen LogP) is 4.25. The molecule has 2 aromatic rings. The van der Waals surface area contributed by atoms with Crippen LogP contribution in [0.25, 0.3) is 0 Å². The maximum atomic E-state index is 12.6. The van der Waals surface area contributed by atoms with Gasteiger partial charge in [0, 0.05) is 0 Å². The monoisotopic (exact) mass is 372 g/mol. The molecule has 0 aliphatic heterocycles. The van der Waals surface area contributed by atoms with Crippen molar-refractivity contribution in [2.75, 3.05) is 19.0 Å². The third kappa shape index (κ3) is 5.74. The summed E-state index contributed by atoms with van der Waals surface area (Å²) in [6.07, 6.45) is 0.920. The minimum atomic E-state index is -0.322. The number of methoxy groups -OCH3 is 1. The smallest absolute Gasteiger partial charge is 0.261 e. The average molecular weight is 372 g/mol. The second kappa shape index (κ2) is 9.77. The van der Waals surface area contributed by atoms with E-state index in [1.165, 1.54) is 0 Å². The molecule has 0 aliphatic rings. The van der Waals surface area contributed by atoms with Gasteiger partial charge in [-0.05, 0) is 48.8 Å². The van der Waals surface area contributed by atoms with Crippen molar-refractivity contribution in [3.8, 4) is 11.5 Å². The number of hydrogen-bond donors (Lipinski definition) is 2. The van der Waals surface area contributed by atoms with E-state index in [1.54, 1.807) is 25.3 Å². The van der Waals surface area contributed by atoms with Crippen molar-refractivity contribution in [2.24, 2.45) is 5.92 Å². The van der Waals surface area contributed by atoms with Gasteiger partial charge in [-0.3, -0.25) is 10.1 Å². The predicted molar refractivity (Wildman–Crippen MR) is 108 cm³/mol. The van der Waals surface area contributed by atoms with Gasteiger partial charge in [0.25, 0.3) is 5.91 Å². The minimum Gasteiger partial charge on any atom is -0.495 e. The molecule has 0 unspecified atom stereocenters. The van der Waals surface area contributed by atoms with E-state index in [1.807, 2.05) is 30.3 Å². The highest BCUT2D eigenvalue weighted by molar-refractivity contribution is 7.80. The molecule has 0 atom stereocenters. The van der Waals surface area contributed by atoms with Crippen molar-refractivity contribution in [3.63, 3.8) is 0 Å². The van der Waals surface area contributed by atoms with Crippen LogP contribution in [0.1, 0.15) is 30.6 Å². The van der Waals surface area contributed by atoms with Crippen molar-refractivity contribution in [3.05, 3.63) is 54.1 Å². The molecule has 0 spiro atoms. The molecule has 2 aromatic carbocycles. The van der Waals surface area contributed by atoms with Crippen LogP contribution in [0.5, 0.6) is 11.5 Å². The molecule has 138 valence electrons. The molecule has 6 heteroatoms. The fourth-order valence-electron chi connectivity index (χ4n) is 2.26. The number of ether oxygens (including phenoxy) is 2. The van der Waals surface area contributed by atoms with Crippen LogP contribution in [0.2, 0.25) is 0 Å². The van der Waals surface area contributed by atoms with E-state index in [0.717, 1.165) is 6.42 Å². The highest BCUT2D eigenvalue weighted by Gasteiger charge is 2.14. The molecule has 0 saturated carbocycles. The summed E-state index contributed by atoms with van der Waals surface area (Å²) in [5, 5.41) is 5.85. The van der Waals surface area contributed by atoms with E-state index in [-0.39, 0.29) is 11.0 Å². The fraction of sp³-hybridized carbons (Fsp3) is 0.300. The third-order valence-corrected chi connectivity index (χ3v) is 3.87. The Morgan fingerprint density at radius 2 is 1.73 bits per heavy atom. The topological polar surface area (TPSA) is 59.6 Å². The van der Waals surface area contributed by atoms with Crippen LogP contribution in [0.15, 0.2) is 48.5 Å². The van der Waals surface area contributed by atoms with Gasteiger partial charge in [0.15, 0.2) is 5.11 Å². The summed E-state index contributed by atoms with van der Waals surface area (Å²) >= 11 is 5.25. The quantitative estimate of drug-likeness (QED) is 0.712. The van der Waals surface area contributed by atoms with Crippen LogP contribution < -0.4 is 20.1 Å². The van der Waals surface area contributed by atoms with E-state index < -0.39 is 0 Å². The summed E-state index contributed by atoms with van der Waals surface area (Å²) in [5.74, 6) is 1.40. The highest BCUT2D eigenvalue weighted by atomic mass is 32.1. The summed E-state index contributed by atoms with van der Waals surface area (Å²) in [4.78, 5) is 12.6. The fourth-order valence-corrected chi connectivity index (χ4v) is 2.46. The Kier molecular flexibility index (Phi) is 7.41. The Bertz CT molecular complexity index is 762. The number of carbonyl (C=O) groups is 1. The van der Waals surface area contributed by atoms with Gasteiger partial charge in [-0.15, -0.1) is 0 Å². The Balaban J connectivity index is 2.02. The lowest BCUT2D eigenvalue weighted by Crippen LogP contribution is -2.34. The average Bonchev–Trinajstić information content (AvgIpc) is 2.62. The molecule has 0 fully saturated rings. The molecule has 0 saturated heterocycles. The summed E-state index contributed by atoms with van der Waals surface area (Å²) in [7, 11) is 1.58. The number of anilines is 1. The SMILES string of the molecule is COc1ccccc1NC(=S)NC(=O)c1ccccc1OCCC(C)C. The Labute approximate surface area is 159 Å². The summed E-state index contributed by atoms with van der Waals surface area (Å²) in [6.45, 7) is 4.82. The maximum absolute atomic E-state index is 12.6. The first-order valence-electron chi connectivity index (χ1n) is 8.48. The molecular formula is C20H24N2O3S. The number of carbonyl (C=O) groups excluding carboxylic acids is 1. The van der Waals surface area contributed by atoms with Crippen LogP contribution in [-0.4, -0.2) is 24.7 Å². The minimum absolute atomic E-state index is 0.191.